The molecule has 0 unspecified atom stereocenters. The first-order valence-corrected chi connectivity index (χ1v) is 7.23. The van der Waals surface area contributed by atoms with Gasteiger partial charge in [0.2, 0.25) is 5.91 Å². The molecule has 5 heteroatoms. The molecule has 2 aromatic rings. The Labute approximate surface area is 128 Å². The van der Waals surface area contributed by atoms with Crippen LogP contribution in [0, 0.1) is 0 Å². The standard InChI is InChI=1S/C16H16ClN3O/c1-10(11-5-3-2-4-6-11)20-15-7-12(17)9-19-14(15)8-13(18)16(20)21/h2-7,9-10,13H,8,18H2,1H3/t10-,13+/m0/s1. The van der Waals surface area contributed by atoms with Crippen LogP contribution in [0.25, 0.3) is 0 Å². The molecule has 1 aromatic carbocycles. The molecule has 0 fully saturated rings. The van der Waals surface area contributed by atoms with E-state index in [1.165, 1.54) is 0 Å². The number of nitrogens with two attached hydrogens (primary N) is 1. The van der Waals surface area contributed by atoms with Gasteiger partial charge in [-0.25, -0.2) is 0 Å². The molecular weight excluding hydrogens is 286 g/mol. The zero-order valence-electron chi connectivity index (χ0n) is 11.7. The van der Waals surface area contributed by atoms with Crippen LogP contribution in [0.2, 0.25) is 5.02 Å². The van der Waals surface area contributed by atoms with E-state index in [0.717, 1.165) is 16.9 Å². The molecule has 1 aromatic heterocycles. The first-order chi connectivity index (χ1) is 10.1. The highest BCUT2D eigenvalue weighted by Crippen LogP contribution is 2.34. The zero-order chi connectivity index (χ0) is 15.0. The number of carbonyl (C=O) groups is 1. The van der Waals surface area contributed by atoms with Crippen molar-refractivity contribution in [2.45, 2.75) is 25.4 Å². The number of halogens is 1. The summed E-state index contributed by atoms with van der Waals surface area (Å²) in [5, 5.41) is 0.516. The summed E-state index contributed by atoms with van der Waals surface area (Å²) >= 11 is 6.05. The van der Waals surface area contributed by atoms with Crippen molar-refractivity contribution in [2.24, 2.45) is 5.73 Å². The van der Waals surface area contributed by atoms with Crippen LogP contribution in [-0.4, -0.2) is 16.9 Å². The maximum Gasteiger partial charge on any atom is 0.244 e. The summed E-state index contributed by atoms with van der Waals surface area (Å²) in [6, 6.07) is 11.0. The lowest BCUT2D eigenvalue weighted by atomic mass is 9.98. The fourth-order valence-corrected chi connectivity index (χ4v) is 2.85. The second-order valence-corrected chi connectivity index (χ2v) is 5.66. The summed E-state index contributed by atoms with van der Waals surface area (Å²) in [5.74, 6) is -0.0945. The van der Waals surface area contributed by atoms with Gasteiger partial charge in [-0.05, 0) is 18.6 Å². The van der Waals surface area contributed by atoms with Crippen molar-refractivity contribution in [3.05, 3.63) is 58.9 Å². The van der Waals surface area contributed by atoms with Gasteiger partial charge >= 0.3 is 0 Å². The highest BCUT2D eigenvalue weighted by Gasteiger charge is 2.34. The Morgan fingerprint density at radius 3 is 2.81 bits per heavy atom. The van der Waals surface area contributed by atoms with Gasteiger partial charge in [-0.3, -0.25) is 9.78 Å². The number of rotatable bonds is 2. The molecule has 2 N–H and O–H groups in total. The second kappa shape index (κ2) is 5.47. The van der Waals surface area contributed by atoms with Crippen LogP contribution in [0.15, 0.2) is 42.6 Å². The molecule has 0 aliphatic carbocycles. The van der Waals surface area contributed by atoms with Gasteiger partial charge in [-0.15, -0.1) is 0 Å². The van der Waals surface area contributed by atoms with Gasteiger partial charge in [-0.2, -0.15) is 0 Å². The van der Waals surface area contributed by atoms with Crippen molar-refractivity contribution in [3.63, 3.8) is 0 Å². The summed E-state index contributed by atoms with van der Waals surface area (Å²) in [6.07, 6.45) is 2.04. The number of hydrogen-bond acceptors (Lipinski definition) is 3. The third-order valence-corrected chi connectivity index (χ3v) is 4.02. The molecule has 0 saturated carbocycles. The molecule has 2 atom stereocenters. The summed E-state index contributed by atoms with van der Waals surface area (Å²) in [6.45, 7) is 1.98. The Morgan fingerprint density at radius 1 is 1.38 bits per heavy atom. The lowest BCUT2D eigenvalue weighted by molar-refractivity contribution is -0.120. The summed E-state index contributed by atoms with van der Waals surface area (Å²) < 4.78 is 0. The van der Waals surface area contributed by atoms with E-state index in [2.05, 4.69) is 4.98 Å². The molecule has 4 nitrogen and oxygen atoms in total. The van der Waals surface area contributed by atoms with E-state index in [9.17, 15) is 4.79 Å². The second-order valence-electron chi connectivity index (χ2n) is 5.22. The van der Waals surface area contributed by atoms with Crippen molar-refractivity contribution in [2.75, 3.05) is 4.90 Å². The first-order valence-electron chi connectivity index (χ1n) is 6.86. The fourth-order valence-electron chi connectivity index (χ4n) is 2.70. The van der Waals surface area contributed by atoms with Crippen LogP contribution < -0.4 is 10.6 Å². The minimum atomic E-state index is -0.558. The van der Waals surface area contributed by atoms with Crippen LogP contribution in [0.1, 0.15) is 24.2 Å². The van der Waals surface area contributed by atoms with Crippen molar-refractivity contribution >= 4 is 23.2 Å². The minimum absolute atomic E-state index is 0.0945. The van der Waals surface area contributed by atoms with Gasteiger partial charge in [0.05, 0.1) is 28.5 Å². The predicted octanol–water partition coefficient (Wildman–Crippen LogP) is 2.71. The molecular formula is C16H16ClN3O. The monoisotopic (exact) mass is 301 g/mol. The summed E-state index contributed by atoms with van der Waals surface area (Å²) in [7, 11) is 0. The van der Waals surface area contributed by atoms with Gasteiger partial charge < -0.3 is 10.6 Å². The van der Waals surface area contributed by atoms with E-state index in [1.54, 1.807) is 17.2 Å². The topological polar surface area (TPSA) is 59.2 Å². The van der Waals surface area contributed by atoms with Gasteiger partial charge in [0.1, 0.15) is 0 Å². The van der Waals surface area contributed by atoms with Crippen molar-refractivity contribution in [1.82, 2.24) is 4.98 Å². The van der Waals surface area contributed by atoms with Gasteiger partial charge in [-0.1, -0.05) is 41.9 Å². The number of amides is 1. The Hall–Kier alpha value is -1.91. The molecule has 2 heterocycles. The molecule has 1 aliphatic heterocycles. The number of carbonyl (C=O) groups excluding carboxylic acids is 1. The zero-order valence-corrected chi connectivity index (χ0v) is 12.4. The molecule has 0 spiro atoms. The van der Waals surface area contributed by atoms with E-state index >= 15 is 0 Å². The van der Waals surface area contributed by atoms with Crippen LogP contribution in [0.4, 0.5) is 5.69 Å². The maximum atomic E-state index is 12.5. The summed E-state index contributed by atoms with van der Waals surface area (Å²) in [5.41, 5.74) is 8.59. The van der Waals surface area contributed by atoms with Gasteiger partial charge in [0.15, 0.2) is 0 Å². The van der Waals surface area contributed by atoms with Crippen LogP contribution in [0.5, 0.6) is 0 Å². The Morgan fingerprint density at radius 2 is 2.10 bits per heavy atom. The third-order valence-electron chi connectivity index (χ3n) is 3.81. The molecule has 21 heavy (non-hydrogen) atoms. The maximum absolute atomic E-state index is 12.5. The number of benzene rings is 1. The predicted molar refractivity (Wildman–Crippen MR) is 83.3 cm³/mol. The number of hydrogen-bond donors (Lipinski definition) is 1. The molecule has 3 rings (SSSR count). The molecule has 1 aliphatic rings. The highest BCUT2D eigenvalue weighted by atomic mass is 35.5. The molecule has 0 bridgehead atoms. The number of fused-ring (bicyclic) bond motifs is 1. The van der Waals surface area contributed by atoms with E-state index < -0.39 is 6.04 Å². The van der Waals surface area contributed by atoms with Crippen molar-refractivity contribution in [3.8, 4) is 0 Å². The smallest absolute Gasteiger partial charge is 0.244 e. The minimum Gasteiger partial charge on any atom is -0.320 e. The highest BCUT2D eigenvalue weighted by molar-refractivity contribution is 6.30. The van der Waals surface area contributed by atoms with E-state index in [0.29, 0.717) is 11.4 Å². The van der Waals surface area contributed by atoms with E-state index in [4.69, 9.17) is 17.3 Å². The lowest BCUT2D eigenvalue weighted by Gasteiger charge is -2.36. The first kappa shape index (κ1) is 14.0. The molecule has 0 radical (unpaired) electrons. The average molecular weight is 302 g/mol. The van der Waals surface area contributed by atoms with Gasteiger partial charge in [0, 0.05) is 12.6 Å². The van der Waals surface area contributed by atoms with Crippen molar-refractivity contribution in [1.29, 1.82) is 0 Å². The van der Waals surface area contributed by atoms with E-state index in [-0.39, 0.29) is 11.9 Å². The number of anilines is 1. The van der Waals surface area contributed by atoms with E-state index in [1.807, 2.05) is 37.3 Å². The Balaban J connectivity index is 2.08. The van der Waals surface area contributed by atoms with Crippen LogP contribution in [0.3, 0.4) is 0 Å². The van der Waals surface area contributed by atoms with Crippen molar-refractivity contribution < 1.29 is 4.79 Å². The number of nitrogens with zero attached hydrogens (tertiary/aromatic N) is 2. The molecule has 108 valence electrons. The molecule has 0 saturated heterocycles. The lowest BCUT2D eigenvalue weighted by Crippen LogP contribution is -2.50. The quantitative estimate of drug-likeness (QED) is 0.928. The molecule has 1 amide bonds. The number of pyridine rings is 1. The Bertz CT molecular complexity index is 674. The normalized spacial score (nSPS) is 19.3. The van der Waals surface area contributed by atoms with Crippen LogP contribution >= 0.6 is 11.6 Å². The van der Waals surface area contributed by atoms with Crippen LogP contribution in [-0.2, 0) is 11.2 Å². The Kier molecular flexibility index (Phi) is 3.66. The SMILES string of the molecule is C[C@@H](c1ccccc1)N1C(=O)[C@H](N)Cc2ncc(Cl)cc21. The third kappa shape index (κ3) is 2.52. The largest absolute Gasteiger partial charge is 0.320 e. The number of aromatic nitrogens is 1. The fraction of sp³-hybridized carbons (Fsp3) is 0.250. The summed E-state index contributed by atoms with van der Waals surface area (Å²) in [4.78, 5) is 18.6. The van der Waals surface area contributed by atoms with Gasteiger partial charge in [0.25, 0.3) is 0 Å². The average Bonchev–Trinajstić information content (AvgIpc) is 2.49.